The number of aliphatic hydroxyl groups is 5. The molecule has 0 bridgehead atoms. The highest BCUT2D eigenvalue weighted by Crippen LogP contribution is 2.20. The molecule has 20 heavy (non-hydrogen) atoms. The maximum absolute atomic E-state index is 11.5. The van der Waals surface area contributed by atoms with Gasteiger partial charge in [0.05, 0.1) is 12.7 Å². The van der Waals surface area contributed by atoms with Gasteiger partial charge in [0.25, 0.3) is 0 Å². The van der Waals surface area contributed by atoms with E-state index in [0.717, 1.165) is 0 Å². The van der Waals surface area contributed by atoms with E-state index < -0.39 is 31.0 Å². The first-order chi connectivity index (χ1) is 9.08. The number of hydrogen-bond acceptors (Lipinski definition) is 6. The van der Waals surface area contributed by atoms with Crippen molar-refractivity contribution in [1.82, 2.24) is 5.32 Å². The largest absolute Gasteiger partial charge is 0.394 e. The Hall–Kier alpha value is -0.730. The third-order valence-electron chi connectivity index (χ3n) is 2.94. The van der Waals surface area contributed by atoms with E-state index in [2.05, 4.69) is 5.32 Å². The lowest BCUT2D eigenvalue weighted by Gasteiger charge is -2.25. The lowest BCUT2D eigenvalue weighted by molar-refractivity contribution is -0.126. The molecule has 0 heterocycles. The third-order valence-corrected chi connectivity index (χ3v) is 2.94. The van der Waals surface area contributed by atoms with Gasteiger partial charge >= 0.3 is 0 Å². The summed E-state index contributed by atoms with van der Waals surface area (Å²) >= 11 is 0. The zero-order valence-corrected chi connectivity index (χ0v) is 12.3. The summed E-state index contributed by atoms with van der Waals surface area (Å²) in [5.41, 5.74) is 0.0247. The van der Waals surface area contributed by atoms with Crippen LogP contribution < -0.4 is 5.32 Å². The van der Waals surface area contributed by atoms with E-state index >= 15 is 0 Å². The van der Waals surface area contributed by atoms with Gasteiger partial charge in [-0.2, -0.15) is 0 Å². The molecule has 0 rings (SSSR count). The molecule has 0 saturated heterocycles. The molecule has 0 fully saturated rings. The van der Waals surface area contributed by atoms with Gasteiger partial charge in [-0.15, -0.1) is 0 Å². The van der Waals surface area contributed by atoms with Gasteiger partial charge in [0.15, 0.2) is 0 Å². The van der Waals surface area contributed by atoms with Crippen molar-refractivity contribution >= 4 is 5.91 Å². The second kappa shape index (κ2) is 8.53. The predicted octanol–water partition coefficient (Wildman–Crippen LogP) is -1.64. The highest BCUT2D eigenvalue weighted by Gasteiger charge is 2.30. The van der Waals surface area contributed by atoms with Crippen LogP contribution in [0.25, 0.3) is 0 Å². The summed E-state index contributed by atoms with van der Waals surface area (Å²) in [5, 5.41) is 48.7. The molecule has 0 radical (unpaired) electrons. The van der Waals surface area contributed by atoms with Gasteiger partial charge in [0.2, 0.25) is 5.91 Å². The summed E-state index contributed by atoms with van der Waals surface area (Å²) in [7, 11) is 0. The molecule has 0 saturated carbocycles. The lowest BCUT2D eigenvalue weighted by atomic mass is 9.90. The highest BCUT2D eigenvalue weighted by molar-refractivity contribution is 5.75. The molecule has 6 N–H and O–H groups in total. The van der Waals surface area contributed by atoms with Crippen LogP contribution in [-0.2, 0) is 4.79 Å². The van der Waals surface area contributed by atoms with Crippen LogP contribution in [0.3, 0.4) is 0 Å². The Morgan fingerprint density at radius 3 is 2.00 bits per heavy atom. The van der Waals surface area contributed by atoms with Crippen molar-refractivity contribution in [2.24, 2.45) is 5.41 Å². The van der Waals surface area contributed by atoms with Gasteiger partial charge in [-0.3, -0.25) is 4.79 Å². The van der Waals surface area contributed by atoms with Crippen molar-refractivity contribution in [3.63, 3.8) is 0 Å². The van der Waals surface area contributed by atoms with Crippen LogP contribution in [0.2, 0.25) is 0 Å². The third kappa shape index (κ3) is 7.76. The normalized spacial score (nSPS) is 18.2. The highest BCUT2D eigenvalue weighted by atomic mass is 16.4. The number of carbonyl (C=O) groups is 1. The maximum Gasteiger partial charge on any atom is 0.220 e. The molecule has 1 amide bonds. The van der Waals surface area contributed by atoms with Crippen molar-refractivity contribution in [1.29, 1.82) is 0 Å². The fourth-order valence-electron chi connectivity index (χ4n) is 1.48. The van der Waals surface area contributed by atoms with Crippen LogP contribution in [0.15, 0.2) is 0 Å². The second-order valence-electron chi connectivity index (χ2n) is 6.16. The number of hydrogen-bond donors (Lipinski definition) is 6. The smallest absolute Gasteiger partial charge is 0.220 e. The standard InChI is InChI=1S/C13H27NO6/c1-13(2,3)5-4-10(18)14-6-8(16)11(19)12(20)9(17)7-15/h8-9,11-12,15-17,19-20H,4-7H2,1-3H3,(H,14,18)/t8-,9+,11+,12+/m0/s1. The van der Waals surface area contributed by atoms with Crippen LogP contribution in [0, 0.1) is 5.41 Å². The van der Waals surface area contributed by atoms with Crippen molar-refractivity contribution in [2.75, 3.05) is 13.2 Å². The summed E-state index contributed by atoms with van der Waals surface area (Å²) in [6, 6.07) is 0. The summed E-state index contributed by atoms with van der Waals surface area (Å²) in [6.07, 6.45) is -5.32. The maximum atomic E-state index is 11.5. The quantitative estimate of drug-likeness (QED) is 0.318. The Labute approximate surface area is 119 Å². The molecule has 7 nitrogen and oxygen atoms in total. The molecule has 0 aromatic rings. The minimum Gasteiger partial charge on any atom is -0.394 e. The molecule has 0 aliphatic carbocycles. The molecule has 7 heteroatoms. The molecule has 0 spiro atoms. The average Bonchev–Trinajstić information content (AvgIpc) is 2.38. The van der Waals surface area contributed by atoms with Gasteiger partial charge in [-0.05, 0) is 11.8 Å². The average molecular weight is 293 g/mol. The molecule has 4 atom stereocenters. The van der Waals surface area contributed by atoms with Crippen LogP contribution >= 0.6 is 0 Å². The number of rotatable bonds is 8. The van der Waals surface area contributed by atoms with Crippen LogP contribution in [-0.4, -0.2) is 69.0 Å². The zero-order valence-electron chi connectivity index (χ0n) is 12.3. The van der Waals surface area contributed by atoms with Crippen molar-refractivity contribution in [3.05, 3.63) is 0 Å². The topological polar surface area (TPSA) is 130 Å². The van der Waals surface area contributed by atoms with Crippen LogP contribution in [0.4, 0.5) is 0 Å². The molecule has 0 aromatic heterocycles. The lowest BCUT2D eigenvalue weighted by Crippen LogP contribution is -2.49. The van der Waals surface area contributed by atoms with Crippen molar-refractivity contribution < 1.29 is 30.3 Å². The van der Waals surface area contributed by atoms with Gasteiger partial charge in [0, 0.05) is 13.0 Å². The Morgan fingerprint density at radius 1 is 1.05 bits per heavy atom. The van der Waals surface area contributed by atoms with E-state index in [-0.39, 0.29) is 17.9 Å². The Bertz CT molecular complexity index is 291. The second-order valence-corrected chi connectivity index (χ2v) is 6.16. The molecule has 120 valence electrons. The molecular weight excluding hydrogens is 266 g/mol. The molecule has 0 aromatic carbocycles. The van der Waals surface area contributed by atoms with Gasteiger partial charge in [-0.25, -0.2) is 0 Å². The Balaban J connectivity index is 4.09. The first kappa shape index (κ1) is 19.3. The summed E-state index contributed by atoms with van der Waals surface area (Å²) in [4.78, 5) is 11.5. The SMILES string of the molecule is CC(C)(C)CCC(=O)NC[C@H](O)[C@@H](O)[C@H](O)[C@H](O)CO. The van der Waals surface area contributed by atoms with E-state index in [0.29, 0.717) is 12.8 Å². The minimum atomic E-state index is -1.68. The van der Waals surface area contributed by atoms with E-state index in [1.54, 1.807) is 0 Å². The first-order valence-corrected chi connectivity index (χ1v) is 6.68. The number of aliphatic hydroxyl groups excluding tert-OH is 5. The van der Waals surface area contributed by atoms with Crippen molar-refractivity contribution in [3.8, 4) is 0 Å². The number of carbonyl (C=O) groups excluding carboxylic acids is 1. The fourth-order valence-corrected chi connectivity index (χ4v) is 1.48. The number of nitrogens with one attached hydrogen (secondary N) is 1. The predicted molar refractivity (Wildman–Crippen MR) is 72.8 cm³/mol. The zero-order chi connectivity index (χ0) is 15.9. The Kier molecular flexibility index (Phi) is 8.22. The molecular formula is C13H27NO6. The van der Waals surface area contributed by atoms with E-state index in [1.807, 2.05) is 20.8 Å². The monoisotopic (exact) mass is 293 g/mol. The van der Waals surface area contributed by atoms with Crippen LogP contribution in [0.5, 0.6) is 0 Å². The minimum absolute atomic E-state index is 0.0247. The fraction of sp³-hybridized carbons (Fsp3) is 0.923. The first-order valence-electron chi connectivity index (χ1n) is 6.68. The Morgan fingerprint density at radius 2 is 1.55 bits per heavy atom. The molecule has 0 aliphatic rings. The van der Waals surface area contributed by atoms with Crippen LogP contribution in [0.1, 0.15) is 33.6 Å². The molecule has 0 unspecified atom stereocenters. The van der Waals surface area contributed by atoms with E-state index in [4.69, 9.17) is 10.2 Å². The van der Waals surface area contributed by atoms with Crippen molar-refractivity contribution in [2.45, 2.75) is 58.0 Å². The van der Waals surface area contributed by atoms with Gasteiger partial charge < -0.3 is 30.8 Å². The van der Waals surface area contributed by atoms with Gasteiger partial charge in [0.1, 0.15) is 18.3 Å². The summed E-state index contributed by atoms with van der Waals surface area (Å²) in [6.45, 7) is 5.05. The summed E-state index contributed by atoms with van der Waals surface area (Å²) in [5.74, 6) is -0.261. The van der Waals surface area contributed by atoms with Gasteiger partial charge in [-0.1, -0.05) is 20.8 Å². The summed E-state index contributed by atoms with van der Waals surface area (Å²) < 4.78 is 0. The van der Waals surface area contributed by atoms with E-state index in [9.17, 15) is 20.1 Å². The number of amides is 1. The van der Waals surface area contributed by atoms with E-state index in [1.165, 1.54) is 0 Å². The molecule has 0 aliphatic heterocycles.